The topological polar surface area (TPSA) is 46.0 Å². The number of aliphatic hydroxyl groups is 1. The molecule has 0 bridgehead atoms. The third-order valence-corrected chi connectivity index (χ3v) is 10.3. The van der Waals surface area contributed by atoms with Crippen LogP contribution in [0.5, 0.6) is 0 Å². The Morgan fingerprint density at radius 2 is 1.63 bits per heavy atom. The standard InChI is InChI=1S/C27H36N2O/c1-15-11-22-23(12-16(15)2)29-25-24(28-22)14-21-19-6-5-17-13-18(30)7-9-26(17,3)20(19)8-10-27(21,25)4/h11-12,17-21,30H,5-10,13-14H2,1-4H3/t17-,18-,19?,20?,21?,26-,27-/m0/s1. The molecule has 0 aliphatic heterocycles. The number of hydrogen-bond donors (Lipinski definition) is 1. The molecule has 3 heteroatoms. The fourth-order valence-electron chi connectivity index (χ4n) is 8.38. The van der Waals surface area contributed by atoms with Crippen LogP contribution < -0.4 is 0 Å². The maximum Gasteiger partial charge on any atom is 0.0893 e. The van der Waals surface area contributed by atoms with Crippen LogP contribution in [0.1, 0.15) is 81.3 Å². The van der Waals surface area contributed by atoms with Gasteiger partial charge in [0.1, 0.15) is 0 Å². The molecule has 0 saturated heterocycles. The zero-order valence-electron chi connectivity index (χ0n) is 19.0. The van der Waals surface area contributed by atoms with E-state index < -0.39 is 0 Å². The molecule has 1 aromatic heterocycles. The van der Waals surface area contributed by atoms with Crippen LogP contribution in [0, 0.1) is 42.9 Å². The van der Waals surface area contributed by atoms with Crippen molar-refractivity contribution < 1.29 is 5.11 Å². The quantitative estimate of drug-likeness (QED) is 0.616. The van der Waals surface area contributed by atoms with E-state index in [4.69, 9.17) is 9.97 Å². The van der Waals surface area contributed by atoms with Gasteiger partial charge in [0.2, 0.25) is 0 Å². The lowest BCUT2D eigenvalue weighted by atomic mass is 9.45. The molecule has 4 aliphatic rings. The van der Waals surface area contributed by atoms with Crippen molar-refractivity contribution in [3.05, 3.63) is 34.6 Å². The van der Waals surface area contributed by atoms with E-state index in [9.17, 15) is 5.11 Å². The Morgan fingerprint density at radius 1 is 0.900 bits per heavy atom. The van der Waals surface area contributed by atoms with Crippen LogP contribution >= 0.6 is 0 Å². The van der Waals surface area contributed by atoms with Gasteiger partial charge in [-0.15, -0.1) is 0 Å². The predicted molar refractivity (Wildman–Crippen MR) is 120 cm³/mol. The number of aryl methyl sites for hydroxylation is 2. The lowest BCUT2D eigenvalue weighted by Crippen LogP contribution is -2.54. The summed E-state index contributed by atoms with van der Waals surface area (Å²) in [6.07, 6.45) is 9.54. The number of nitrogens with zero attached hydrogens (tertiary/aromatic N) is 2. The molecule has 3 saturated carbocycles. The van der Waals surface area contributed by atoms with Crippen molar-refractivity contribution in [1.29, 1.82) is 0 Å². The highest BCUT2D eigenvalue weighted by atomic mass is 16.3. The minimum Gasteiger partial charge on any atom is -0.393 e. The number of aromatic nitrogens is 2. The summed E-state index contributed by atoms with van der Waals surface area (Å²) >= 11 is 0. The van der Waals surface area contributed by atoms with Crippen LogP contribution in [0.4, 0.5) is 0 Å². The molecule has 1 N–H and O–H groups in total. The first-order valence-electron chi connectivity index (χ1n) is 12.3. The van der Waals surface area contributed by atoms with Crippen molar-refractivity contribution in [2.24, 2.45) is 29.1 Å². The Hall–Kier alpha value is -1.48. The summed E-state index contributed by atoms with van der Waals surface area (Å²) in [7, 11) is 0. The molecule has 7 atom stereocenters. The highest BCUT2D eigenvalue weighted by molar-refractivity contribution is 5.77. The third-order valence-electron chi connectivity index (χ3n) is 10.3. The molecule has 2 aromatic rings. The molecule has 1 aromatic carbocycles. The fourth-order valence-corrected chi connectivity index (χ4v) is 8.38. The van der Waals surface area contributed by atoms with Crippen molar-refractivity contribution in [3.63, 3.8) is 0 Å². The van der Waals surface area contributed by atoms with E-state index >= 15 is 0 Å². The molecule has 0 spiro atoms. The van der Waals surface area contributed by atoms with Gasteiger partial charge < -0.3 is 5.11 Å². The average Bonchev–Trinajstić information content (AvgIpc) is 3.00. The smallest absolute Gasteiger partial charge is 0.0893 e. The Bertz CT molecular complexity index is 1030. The van der Waals surface area contributed by atoms with E-state index in [1.165, 1.54) is 54.6 Å². The Labute approximate surface area is 180 Å². The van der Waals surface area contributed by atoms with E-state index in [1.807, 2.05) is 0 Å². The summed E-state index contributed by atoms with van der Waals surface area (Å²) in [6, 6.07) is 4.46. The van der Waals surface area contributed by atoms with E-state index in [1.54, 1.807) is 0 Å². The molecule has 0 amide bonds. The molecule has 160 valence electrons. The van der Waals surface area contributed by atoms with Crippen LogP contribution in [0.25, 0.3) is 11.0 Å². The fraction of sp³-hybridized carbons (Fsp3) is 0.704. The number of rotatable bonds is 0. The van der Waals surface area contributed by atoms with Gasteiger partial charge in [-0.3, -0.25) is 0 Å². The van der Waals surface area contributed by atoms with Gasteiger partial charge in [-0.25, -0.2) is 9.97 Å². The van der Waals surface area contributed by atoms with Gasteiger partial charge in [0, 0.05) is 5.41 Å². The van der Waals surface area contributed by atoms with Gasteiger partial charge in [-0.1, -0.05) is 13.8 Å². The van der Waals surface area contributed by atoms with Crippen LogP contribution in [0.2, 0.25) is 0 Å². The molecule has 3 fully saturated rings. The zero-order chi connectivity index (χ0) is 20.8. The third kappa shape index (κ3) is 2.48. The normalized spacial score (nSPS) is 42.4. The molecule has 1 heterocycles. The van der Waals surface area contributed by atoms with Crippen molar-refractivity contribution in [2.45, 2.75) is 90.6 Å². The van der Waals surface area contributed by atoms with Gasteiger partial charge >= 0.3 is 0 Å². The number of aliphatic hydroxyl groups excluding tert-OH is 1. The summed E-state index contributed by atoms with van der Waals surface area (Å²) in [5, 5.41) is 10.3. The predicted octanol–water partition coefficient (Wildman–Crippen LogP) is 5.66. The average molecular weight is 405 g/mol. The van der Waals surface area contributed by atoms with Crippen molar-refractivity contribution >= 4 is 11.0 Å². The number of hydrogen-bond acceptors (Lipinski definition) is 3. The molecule has 3 nitrogen and oxygen atoms in total. The van der Waals surface area contributed by atoms with E-state index in [2.05, 4.69) is 39.8 Å². The van der Waals surface area contributed by atoms with Crippen LogP contribution in [0.3, 0.4) is 0 Å². The second-order valence-electron chi connectivity index (χ2n) is 11.7. The van der Waals surface area contributed by atoms with E-state index in [-0.39, 0.29) is 11.5 Å². The maximum absolute atomic E-state index is 10.3. The molecular weight excluding hydrogens is 368 g/mol. The minimum atomic E-state index is -0.0584. The van der Waals surface area contributed by atoms with Gasteiger partial charge in [0.05, 0.1) is 28.5 Å². The number of fused-ring (bicyclic) bond motifs is 8. The SMILES string of the molecule is Cc1cc2nc3c(nc2cc1C)[C@@]1(C)CCC2C(CC[C@H]4C[C@@H](O)CC[C@]24C)C1C3. The largest absolute Gasteiger partial charge is 0.393 e. The van der Waals surface area contributed by atoms with Crippen molar-refractivity contribution in [2.75, 3.05) is 0 Å². The summed E-state index contributed by atoms with van der Waals surface area (Å²) < 4.78 is 0. The van der Waals surface area contributed by atoms with Gasteiger partial charge in [0.25, 0.3) is 0 Å². The first-order valence-corrected chi connectivity index (χ1v) is 12.3. The van der Waals surface area contributed by atoms with Crippen LogP contribution in [-0.2, 0) is 11.8 Å². The summed E-state index contributed by atoms with van der Waals surface area (Å²) in [6.45, 7) is 9.43. The molecule has 0 radical (unpaired) electrons. The monoisotopic (exact) mass is 404 g/mol. The van der Waals surface area contributed by atoms with Gasteiger partial charge in [-0.05, 0) is 118 Å². The Morgan fingerprint density at radius 3 is 2.40 bits per heavy atom. The van der Waals surface area contributed by atoms with E-state index in [0.717, 1.165) is 48.0 Å². The second-order valence-corrected chi connectivity index (χ2v) is 11.7. The van der Waals surface area contributed by atoms with Crippen LogP contribution in [0.15, 0.2) is 12.1 Å². The van der Waals surface area contributed by atoms with Crippen LogP contribution in [-0.4, -0.2) is 21.2 Å². The molecule has 4 aliphatic carbocycles. The summed E-state index contributed by atoms with van der Waals surface area (Å²) in [5.41, 5.74) is 7.99. The lowest BCUT2D eigenvalue weighted by molar-refractivity contribution is -0.111. The van der Waals surface area contributed by atoms with Crippen molar-refractivity contribution in [3.8, 4) is 0 Å². The molecule has 6 rings (SSSR count). The van der Waals surface area contributed by atoms with Gasteiger partial charge in [-0.2, -0.15) is 0 Å². The zero-order valence-corrected chi connectivity index (χ0v) is 19.0. The molecule has 30 heavy (non-hydrogen) atoms. The molecular formula is C27H36N2O. The Balaban J connectivity index is 1.39. The summed E-state index contributed by atoms with van der Waals surface area (Å²) in [4.78, 5) is 10.4. The summed E-state index contributed by atoms with van der Waals surface area (Å²) in [5.74, 6) is 3.02. The minimum absolute atomic E-state index is 0.0584. The molecule has 3 unspecified atom stereocenters. The lowest BCUT2D eigenvalue weighted by Gasteiger charge is -2.60. The van der Waals surface area contributed by atoms with Gasteiger partial charge in [0.15, 0.2) is 0 Å². The van der Waals surface area contributed by atoms with E-state index in [0.29, 0.717) is 11.3 Å². The van der Waals surface area contributed by atoms with Crippen molar-refractivity contribution in [1.82, 2.24) is 9.97 Å². The Kier molecular flexibility index (Phi) is 4.02. The maximum atomic E-state index is 10.3. The second kappa shape index (κ2) is 6.28. The first-order chi connectivity index (χ1) is 14.3. The highest BCUT2D eigenvalue weighted by Gasteiger charge is 2.59. The highest BCUT2D eigenvalue weighted by Crippen LogP contribution is 2.65. The first kappa shape index (κ1) is 19.2. The number of benzene rings is 1.